The lowest BCUT2D eigenvalue weighted by atomic mass is 10.1. The zero-order chi connectivity index (χ0) is 13.9. The van der Waals surface area contributed by atoms with Gasteiger partial charge in [-0.15, -0.1) is 0 Å². The van der Waals surface area contributed by atoms with Gasteiger partial charge in [0.05, 0.1) is 5.02 Å². The Morgan fingerprint density at radius 3 is 2.89 bits per heavy atom. The van der Waals surface area contributed by atoms with Crippen LogP contribution in [0, 0.1) is 5.92 Å². The third kappa shape index (κ3) is 3.82. The highest BCUT2D eigenvalue weighted by molar-refractivity contribution is 7.89. The zero-order valence-corrected chi connectivity index (χ0v) is 12.0. The smallest absolute Gasteiger partial charge is 0.242 e. The molecule has 5 nitrogen and oxygen atoms in total. The first-order valence-corrected chi connectivity index (χ1v) is 7.97. The van der Waals surface area contributed by atoms with E-state index >= 15 is 0 Å². The van der Waals surface area contributed by atoms with E-state index in [-0.39, 0.29) is 9.92 Å². The van der Waals surface area contributed by atoms with E-state index in [1.54, 1.807) is 0 Å². The van der Waals surface area contributed by atoms with Crippen LogP contribution in [-0.4, -0.2) is 28.2 Å². The largest absolute Gasteiger partial charge is 0.399 e. The van der Waals surface area contributed by atoms with Crippen LogP contribution < -0.4 is 10.5 Å². The van der Waals surface area contributed by atoms with Crippen molar-refractivity contribution in [2.75, 3.05) is 25.5 Å². The summed E-state index contributed by atoms with van der Waals surface area (Å²) in [5.74, 6) is 0.435. The minimum atomic E-state index is -3.58. The number of ether oxygens (including phenoxy) is 1. The molecule has 1 aliphatic heterocycles. The second kappa shape index (κ2) is 6.09. The molecule has 19 heavy (non-hydrogen) atoms. The van der Waals surface area contributed by atoms with Gasteiger partial charge in [0, 0.05) is 25.4 Å². The lowest BCUT2D eigenvalue weighted by Gasteiger charge is -2.10. The number of nitrogens with two attached hydrogens (primary N) is 1. The van der Waals surface area contributed by atoms with Gasteiger partial charge in [-0.25, -0.2) is 13.1 Å². The Morgan fingerprint density at radius 2 is 2.26 bits per heavy atom. The van der Waals surface area contributed by atoms with E-state index < -0.39 is 10.0 Å². The van der Waals surface area contributed by atoms with Gasteiger partial charge in [0.25, 0.3) is 0 Å². The standard InChI is InChI=1S/C12H17ClN2O3S/c13-11-7-10(14)1-2-12(11)19(16,17)15-5-3-9-4-6-18-8-9/h1-2,7,9,15H,3-6,8,14H2. The lowest BCUT2D eigenvalue weighted by Crippen LogP contribution is -2.26. The summed E-state index contributed by atoms with van der Waals surface area (Å²) in [5, 5.41) is 0.136. The third-order valence-electron chi connectivity index (χ3n) is 3.11. The van der Waals surface area contributed by atoms with Gasteiger partial charge in [-0.05, 0) is 37.0 Å². The molecular weight excluding hydrogens is 288 g/mol. The van der Waals surface area contributed by atoms with Crippen molar-refractivity contribution in [3.05, 3.63) is 23.2 Å². The van der Waals surface area contributed by atoms with Crippen LogP contribution in [0.15, 0.2) is 23.1 Å². The minimum Gasteiger partial charge on any atom is -0.399 e. The molecule has 1 aromatic rings. The normalized spacial score (nSPS) is 19.7. The molecule has 0 bridgehead atoms. The monoisotopic (exact) mass is 304 g/mol. The van der Waals surface area contributed by atoms with E-state index in [0.29, 0.717) is 24.8 Å². The molecule has 1 fully saturated rings. The van der Waals surface area contributed by atoms with Crippen molar-refractivity contribution in [1.82, 2.24) is 4.72 Å². The number of sulfonamides is 1. The SMILES string of the molecule is Nc1ccc(S(=O)(=O)NCCC2CCOC2)c(Cl)c1. The fraction of sp³-hybridized carbons (Fsp3) is 0.500. The van der Waals surface area contributed by atoms with E-state index in [2.05, 4.69) is 4.72 Å². The molecule has 0 saturated carbocycles. The topological polar surface area (TPSA) is 81.4 Å². The molecule has 2 rings (SSSR count). The number of benzene rings is 1. The van der Waals surface area contributed by atoms with Crippen LogP contribution in [0.25, 0.3) is 0 Å². The Balaban J connectivity index is 1.97. The Kier molecular flexibility index (Phi) is 4.67. The Labute approximate surface area is 118 Å². The Morgan fingerprint density at radius 1 is 1.47 bits per heavy atom. The van der Waals surface area contributed by atoms with E-state index in [4.69, 9.17) is 22.1 Å². The first-order chi connectivity index (χ1) is 8.99. The fourth-order valence-electron chi connectivity index (χ4n) is 2.02. The van der Waals surface area contributed by atoms with E-state index in [1.807, 2.05) is 0 Å². The summed E-state index contributed by atoms with van der Waals surface area (Å²) >= 11 is 5.90. The highest BCUT2D eigenvalue weighted by Crippen LogP contribution is 2.23. The van der Waals surface area contributed by atoms with Crippen LogP contribution in [0.4, 0.5) is 5.69 Å². The summed E-state index contributed by atoms with van der Waals surface area (Å²) in [7, 11) is -3.58. The van der Waals surface area contributed by atoms with Crippen LogP contribution in [0.2, 0.25) is 5.02 Å². The maximum atomic E-state index is 12.1. The molecule has 1 aliphatic rings. The molecule has 0 aliphatic carbocycles. The third-order valence-corrected chi connectivity index (χ3v) is 5.06. The zero-order valence-electron chi connectivity index (χ0n) is 10.4. The summed E-state index contributed by atoms with van der Waals surface area (Å²) in [5.41, 5.74) is 5.98. The van der Waals surface area contributed by atoms with Gasteiger partial charge in [0.2, 0.25) is 10.0 Å². The van der Waals surface area contributed by atoms with Crippen molar-refractivity contribution in [3.63, 3.8) is 0 Å². The molecular formula is C12H17ClN2O3S. The van der Waals surface area contributed by atoms with Gasteiger partial charge in [-0.2, -0.15) is 0 Å². The predicted octanol–water partition coefficient (Wildman–Crippen LogP) is 1.63. The van der Waals surface area contributed by atoms with Crippen molar-refractivity contribution in [2.24, 2.45) is 5.92 Å². The van der Waals surface area contributed by atoms with Crippen LogP contribution >= 0.6 is 11.6 Å². The molecule has 1 unspecified atom stereocenters. The van der Waals surface area contributed by atoms with Crippen molar-refractivity contribution < 1.29 is 13.2 Å². The van der Waals surface area contributed by atoms with E-state index in [9.17, 15) is 8.42 Å². The van der Waals surface area contributed by atoms with Crippen molar-refractivity contribution >= 4 is 27.3 Å². The van der Waals surface area contributed by atoms with Crippen LogP contribution in [-0.2, 0) is 14.8 Å². The average Bonchev–Trinajstić information content (AvgIpc) is 2.81. The summed E-state index contributed by atoms with van der Waals surface area (Å²) in [6, 6.07) is 4.37. The lowest BCUT2D eigenvalue weighted by molar-refractivity contribution is 0.184. The van der Waals surface area contributed by atoms with Crippen LogP contribution in [0.5, 0.6) is 0 Å². The first kappa shape index (κ1) is 14.6. The Hall–Kier alpha value is -0.820. The number of hydrogen-bond acceptors (Lipinski definition) is 4. The van der Waals surface area contributed by atoms with Crippen molar-refractivity contribution in [2.45, 2.75) is 17.7 Å². The molecule has 1 saturated heterocycles. The van der Waals surface area contributed by atoms with Crippen LogP contribution in [0.3, 0.4) is 0 Å². The molecule has 1 heterocycles. The molecule has 106 valence electrons. The second-order valence-corrected chi connectivity index (χ2v) is 6.75. The Bertz CT molecular complexity index is 542. The predicted molar refractivity (Wildman–Crippen MR) is 74.6 cm³/mol. The number of nitrogen functional groups attached to an aromatic ring is 1. The molecule has 7 heteroatoms. The van der Waals surface area contributed by atoms with Gasteiger partial charge in [0.1, 0.15) is 4.90 Å². The van der Waals surface area contributed by atoms with Gasteiger partial charge in [-0.3, -0.25) is 0 Å². The van der Waals surface area contributed by atoms with Crippen molar-refractivity contribution in [1.29, 1.82) is 0 Å². The second-order valence-electron chi connectivity index (χ2n) is 4.61. The molecule has 0 radical (unpaired) electrons. The maximum absolute atomic E-state index is 12.1. The van der Waals surface area contributed by atoms with Gasteiger partial charge in [0.15, 0.2) is 0 Å². The minimum absolute atomic E-state index is 0.0611. The average molecular weight is 305 g/mol. The number of nitrogens with one attached hydrogen (secondary N) is 1. The molecule has 1 atom stereocenters. The first-order valence-electron chi connectivity index (χ1n) is 6.11. The van der Waals surface area contributed by atoms with E-state index in [0.717, 1.165) is 19.4 Å². The molecule has 3 N–H and O–H groups in total. The highest BCUT2D eigenvalue weighted by atomic mass is 35.5. The van der Waals surface area contributed by atoms with E-state index in [1.165, 1.54) is 18.2 Å². The fourth-order valence-corrected chi connectivity index (χ4v) is 3.62. The van der Waals surface area contributed by atoms with Crippen molar-refractivity contribution in [3.8, 4) is 0 Å². The number of rotatable bonds is 5. The van der Waals surface area contributed by atoms with Gasteiger partial charge >= 0.3 is 0 Å². The maximum Gasteiger partial charge on any atom is 0.242 e. The number of halogens is 1. The summed E-state index contributed by atoms with van der Waals surface area (Å²) in [6.07, 6.45) is 1.76. The summed E-state index contributed by atoms with van der Waals surface area (Å²) < 4.78 is 31.9. The molecule has 0 amide bonds. The number of hydrogen-bond donors (Lipinski definition) is 2. The van der Waals surface area contributed by atoms with Gasteiger partial charge in [-0.1, -0.05) is 11.6 Å². The summed E-state index contributed by atoms with van der Waals surface area (Å²) in [6.45, 7) is 1.86. The molecule has 0 spiro atoms. The molecule has 0 aromatic heterocycles. The van der Waals surface area contributed by atoms with Crippen LogP contribution in [0.1, 0.15) is 12.8 Å². The highest BCUT2D eigenvalue weighted by Gasteiger charge is 2.20. The number of anilines is 1. The molecule has 1 aromatic carbocycles. The quantitative estimate of drug-likeness (QED) is 0.810. The summed E-state index contributed by atoms with van der Waals surface area (Å²) in [4.78, 5) is 0.0611. The van der Waals surface area contributed by atoms with Gasteiger partial charge < -0.3 is 10.5 Å².